The molecular weight excluding hydrogens is 279 g/mol. The van der Waals surface area contributed by atoms with Crippen LogP contribution >= 0.6 is 7.49 Å². The van der Waals surface area contributed by atoms with Crippen LogP contribution in [0.2, 0.25) is 0 Å². The quantitative estimate of drug-likeness (QED) is 0.624. The molecule has 0 spiro atoms. The van der Waals surface area contributed by atoms with Gasteiger partial charge in [0.2, 0.25) is 0 Å². The second-order valence-corrected chi connectivity index (χ2v) is 8.50. The molecule has 2 aromatic carbocycles. The van der Waals surface area contributed by atoms with E-state index in [1.165, 1.54) is 5.56 Å². The van der Waals surface area contributed by atoms with Crippen LogP contribution in [0, 0.1) is 20.8 Å². The number of carbonyl (C=O) groups excluding carboxylic acids is 1. The summed E-state index contributed by atoms with van der Waals surface area (Å²) >= 11 is 0. The van der Waals surface area contributed by atoms with Crippen molar-refractivity contribution in [2.75, 3.05) is 6.61 Å². The molecule has 2 aromatic rings. The molecule has 0 bridgehead atoms. The maximum atomic E-state index is 12.1. The molecule has 0 unspecified atom stereocenters. The van der Waals surface area contributed by atoms with E-state index in [0.29, 0.717) is 6.61 Å². The number of aryl methyl sites for hydroxylation is 3. The Morgan fingerprint density at radius 3 is 2.10 bits per heavy atom. The van der Waals surface area contributed by atoms with Gasteiger partial charge in [0.1, 0.15) is 0 Å². The van der Waals surface area contributed by atoms with E-state index in [-0.39, 0.29) is 0 Å². The van der Waals surface area contributed by atoms with E-state index in [1.807, 2.05) is 37.3 Å². The summed E-state index contributed by atoms with van der Waals surface area (Å²) in [5, 5.41) is 2.10. The zero-order valence-electron chi connectivity index (χ0n) is 13.1. The molecule has 0 heterocycles. The molecule has 0 radical (unpaired) electrons. The van der Waals surface area contributed by atoms with E-state index in [0.717, 1.165) is 27.8 Å². The first-order chi connectivity index (χ1) is 10.0. The summed E-state index contributed by atoms with van der Waals surface area (Å²) in [6.07, 6.45) is 0. The normalized spacial score (nSPS) is 12.2. The third-order valence-electron chi connectivity index (χ3n) is 3.79. The van der Waals surface area contributed by atoms with Crippen LogP contribution in [0.15, 0.2) is 42.5 Å². The molecule has 0 N–H and O–H groups in total. The standard InChI is InChI=1S/C18H23O2P/c1-5-20-21(13-19,17-9-7-6-8-10-17)18-15(3)11-14(2)12-16(18)4/h6-13,21H,5H2,1-4H3. The summed E-state index contributed by atoms with van der Waals surface area (Å²) in [4.78, 5) is 12.1. The summed E-state index contributed by atoms with van der Waals surface area (Å²) in [5.74, 6) is 0. The molecule has 3 heteroatoms. The zero-order valence-corrected chi connectivity index (χ0v) is 14.1. The fourth-order valence-corrected chi connectivity index (χ4v) is 6.52. The van der Waals surface area contributed by atoms with Crippen LogP contribution in [-0.4, -0.2) is 12.6 Å². The van der Waals surface area contributed by atoms with Gasteiger partial charge in [0.25, 0.3) is 0 Å². The second kappa shape index (κ2) is 6.51. The van der Waals surface area contributed by atoms with Crippen molar-refractivity contribution in [3.05, 3.63) is 59.2 Å². The molecule has 0 amide bonds. The summed E-state index contributed by atoms with van der Waals surface area (Å²) in [7, 11) is -2.81. The van der Waals surface area contributed by atoms with Gasteiger partial charge in [0.15, 0.2) is 0 Å². The van der Waals surface area contributed by atoms with E-state index in [9.17, 15) is 4.79 Å². The molecule has 2 nitrogen and oxygen atoms in total. The van der Waals surface area contributed by atoms with Gasteiger partial charge in [-0.25, -0.2) is 0 Å². The van der Waals surface area contributed by atoms with E-state index < -0.39 is 7.49 Å². The minimum absolute atomic E-state index is 0.534. The van der Waals surface area contributed by atoms with E-state index >= 15 is 0 Å². The van der Waals surface area contributed by atoms with Crippen molar-refractivity contribution in [3.63, 3.8) is 0 Å². The van der Waals surface area contributed by atoms with Crippen molar-refractivity contribution in [3.8, 4) is 0 Å². The first kappa shape index (κ1) is 15.9. The number of hydrogen-bond donors (Lipinski definition) is 0. The molecule has 112 valence electrons. The van der Waals surface area contributed by atoms with E-state index in [1.54, 1.807) is 0 Å². The van der Waals surface area contributed by atoms with Crippen LogP contribution in [0.1, 0.15) is 23.6 Å². The van der Waals surface area contributed by atoms with Gasteiger partial charge in [-0.05, 0) is 0 Å². The Hall–Kier alpha value is -1.50. The van der Waals surface area contributed by atoms with Crippen LogP contribution < -0.4 is 10.6 Å². The van der Waals surface area contributed by atoms with E-state index in [2.05, 4.69) is 32.9 Å². The van der Waals surface area contributed by atoms with Crippen molar-refractivity contribution in [1.82, 2.24) is 0 Å². The molecular formula is C18H23O2P. The molecule has 21 heavy (non-hydrogen) atoms. The average molecular weight is 302 g/mol. The SMILES string of the molecule is CCO[PH](C=O)(c1ccccc1)c1c(C)cc(C)cc1C. The van der Waals surface area contributed by atoms with Crippen molar-refractivity contribution < 1.29 is 9.32 Å². The Morgan fingerprint density at radius 1 is 1.05 bits per heavy atom. The fraction of sp³-hybridized carbons (Fsp3) is 0.278. The first-order valence-electron chi connectivity index (χ1n) is 7.29. The summed E-state index contributed by atoms with van der Waals surface area (Å²) in [6.45, 7) is 8.71. The molecule has 0 aliphatic heterocycles. The maximum absolute atomic E-state index is 12.1. The van der Waals surface area contributed by atoms with Crippen molar-refractivity contribution >= 4 is 24.1 Å². The Balaban J connectivity index is 2.75. The van der Waals surface area contributed by atoms with Gasteiger partial charge in [-0.3, -0.25) is 0 Å². The van der Waals surface area contributed by atoms with Gasteiger partial charge in [-0.2, -0.15) is 0 Å². The van der Waals surface area contributed by atoms with Crippen LogP contribution in [0.3, 0.4) is 0 Å². The van der Waals surface area contributed by atoms with Crippen molar-refractivity contribution in [1.29, 1.82) is 0 Å². The van der Waals surface area contributed by atoms with Gasteiger partial charge in [-0.1, -0.05) is 0 Å². The third kappa shape index (κ3) is 2.92. The molecule has 2 rings (SSSR count). The zero-order chi connectivity index (χ0) is 15.5. The predicted molar refractivity (Wildman–Crippen MR) is 93.1 cm³/mol. The van der Waals surface area contributed by atoms with Gasteiger partial charge in [-0.15, -0.1) is 0 Å². The Labute approximate surface area is 127 Å². The predicted octanol–water partition coefficient (Wildman–Crippen LogP) is 3.45. The molecule has 0 aromatic heterocycles. The van der Waals surface area contributed by atoms with Gasteiger partial charge < -0.3 is 0 Å². The number of rotatable bonds is 5. The monoisotopic (exact) mass is 302 g/mol. The fourth-order valence-electron chi connectivity index (χ4n) is 3.14. The van der Waals surface area contributed by atoms with Crippen LogP contribution in [0.5, 0.6) is 0 Å². The average Bonchev–Trinajstić information content (AvgIpc) is 2.46. The first-order valence-corrected chi connectivity index (χ1v) is 9.28. The number of hydrogen-bond acceptors (Lipinski definition) is 2. The van der Waals surface area contributed by atoms with Gasteiger partial charge in [0.05, 0.1) is 0 Å². The Morgan fingerprint density at radius 2 is 1.62 bits per heavy atom. The van der Waals surface area contributed by atoms with Crippen molar-refractivity contribution in [2.45, 2.75) is 27.7 Å². The number of carbonyl (C=O) groups is 1. The Bertz CT molecular complexity index is 614. The molecule has 0 fully saturated rings. The van der Waals surface area contributed by atoms with Gasteiger partial charge in [0, 0.05) is 0 Å². The third-order valence-corrected chi connectivity index (χ3v) is 7.59. The topological polar surface area (TPSA) is 26.3 Å². The van der Waals surface area contributed by atoms with Crippen LogP contribution in [0.4, 0.5) is 0 Å². The van der Waals surface area contributed by atoms with Crippen molar-refractivity contribution in [2.24, 2.45) is 0 Å². The summed E-state index contributed by atoms with van der Waals surface area (Å²) in [6, 6.07) is 15.3. The molecule has 0 aliphatic carbocycles. The molecule has 0 atom stereocenters. The molecule has 0 aliphatic rings. The summed E-state index contributed by atoms with van der Waals surface area (Å²) in [5.41, 5.74) is 3.50. The second-order valence-electron chi connectivity index (χ2n) is 5.43. The van der Waals surface area contributed by atoms with E-state index in [4.69, 9.17) is 4.52 Å². The molecule has 0 saturated heterocycles. The minimum atomic E-state index is -2.81. The van der Waals surface area contributed by atoms with Crippen LogP contribution in [0.25, 0.3) is 0 Å². The summed E-state index contributed by atoms with van der Waals surface area (Å²) < 4.78 is 6.12. The Kier molecular flexibility index (Phi) is 4.92. The van der Waals surface area contributed by atoms with Crippen LogP contribution in [-0.2, 0) is 9.32 Å². The number of benzene rings is 2. The molecule has 0 saturated carbocycles. The van der Waals surface area contributed by atoms with Gasteiger partial charge >= 0.3 is 127 Å².